The molecule has 0 aliphatic heterocycles. The summed E-state index contributed by atoms with van der Waals surface area (Å²) in [4.78, 5) is 8.74. The van der Waals surface area contributed by atoms with Gasteiger partial charge in [0.05, 0.1) is 5.52 Å². The Hall–Kier alpha value is -1.92. The standard InChI is InChI=1S/C14H19N5O/c15-19-14-17-12-6-2-1-5-10(12)13(18-14)16-11-7-3-4-9(11)8-20/h1-2,5-6,9,11,20H,3-4,7-8,15H2,(H2,16,17,18,19). The molecule has 0 bridgehead atoms. The van der Waals surface area contributed by atoms with E-state index in [2.05, 4.69) is 20.7 Å². The predicted octanol–water partition coefficient (Wildman–Crippen LogP) is 1.49. The van der Waals surface area contributed by atoms with Gasteiger partial charge in [-0.05, 0) is 25.0 Å². The number of aromatic nitrogens is 2. The van der Waals surface area contributed by atoms with Gasteiger partial charge in [-0.25, -0.2) is 10.8 Å². The first kappa shape index (κ1) is 13.1. The number of hydrazine groups is 1. The van der Waals surface area contributed by atoms with E-state index in [0.717, 1.165) is 36.0 Å². The largest absolute Gasteiger partial charge is 0.396 e. The minimum Gasteiger partial charge on any atom is -0.396 e. The van der Waals surface area contributed by atoms with E-state index in [1.165, 1.54) is 0 Å². The highest BCUT2D eigenvalue weighted by atomic mass is 16.3. The van der Waals surface area contributed by atoms with Gasteiger partial charge in [0.1, 0.15) is 5.82 Å². The van der Waals surface area contributed by atoms with Crippen LogP contribution in [-0.4, -0.2) is 27.7 Å². The molecule has 2 atom stereocenters. The Morgan fingerprint density at radius 3 is 2.90 bits per heavy atom. The van der Waals surface area contributed by atoms with Gasteiger partial charge in [-0.1, -0.05) is 18.6 Å². The van der Waals surface area contributed by atoms with Crippen molar-refractivity contribution in [1.82, 2.24) is 9.97 Å². The van der Waals surface area contributed by atoms with E-state index in [-0.39, 0.29) is 18.6 Å². The van der Waals surface area contributed by atoms with Crippen LogP contribution < -0.4 is 16.6 Å². The topological polar surface area (TPSA) is 96.1 Å². The molecule has 1 saturated carbocycles. The molecule has 0 saturated heterocycles. The van der Waals surface area contributed by atoms with Crippen LogP contribution in [0.3, 0.4) is 0 Å². The summed E-state index contributed by atoms with van der Waals surface area (Å²) in [6.45, 7) is 0.211. The quantitative estimate of drug-likeness (QED) is 0.498. The lowest BCUT2D eigenvalue weighted by atomic mass is 10.0. The second kappa shape index (κ2) is 5.60. The average molecular weight is 273 g/mol. The van der Waals surface area contributed by atoms with Gasteiger partial charge in [0.2, 0.25) is 5.95 Å². The van der Waals surface area contributed by atoms with Crippen molar-refractivity contribution in [2.75, 3.05) is 17.3 Å². The Balaban J connectivity index is 1.97. The molecule has 0 amide bonds. The van der Waals surface area contributed by atoms with Crippen molar-refractivity contribution in [3.05, 3.63) is 24.3 Å². The molecule has 106 valence electrons. The SMILES string of the molecule is NNc1nc(NC2CCCC2CO)c2ccccc2n1. The molecule has 1 aromatic carbocycles. The molecule has 1 heterocycles. The van der Waals surface area contributed by atoms with Gasteiger partial charge in [-0.15, -0.1) is 0 Å². The number of nitrogens with zero attached hydrogens (tertiary/aromatic N) is 2. The maximum absolute atomic E-state index is 9.42. The van der Waals surface area contributed by atoms with Crippen molar-refractivity contribution in [2.45, 2.75) is 25.3 Å². The molecule has 0 spiro atoms. The van der Waals surface area contributed by atoms with Crippen molar-refractivity contribution in [2.24, 2.45) is 11.8 Å². The summed E-state index contributed by atoms with van der Waals surface area (Å²) in [5.74, 6) is 6.88. The zero-order valence-electron chi connectivity index (χ0n) is 11.2. The number of nitrogens with one attached hydrogen (secondary N) is 2. The zero-order valence-corrected chi connectivity index (χ0v) is 11.2. The smallest absolute Gasteiger partial charge is 0.239 e. The first-order valence-electron chi connectivity index (χ1n) is 6.92. The Bertz CT molecular complexity index is 603. The molecule has 20 heavy (non-hydrogen) atoms. The van der Waals surface area contributed by atoms with Crippen molar-refractivity contribution in [3.8, 4) is 0 Å². The molecule has 1 fully saturated rings. The molecule has 5 N–H and O–H groups in total. The number of aliphatic hydroxyl groups is 1. The first-order chi connectivity index (χ1) is 9.81. The Morgan fingerprint density at radius 1 is 1.25 bits per heavy atom. The number of hydrogen-bond donors (Lipinski definition) is 4. The molecule has 2 aromatic rings. The number of nitrogens with two attached hydrogens (primary N) is 1. The summed E-state index contributed by atoms with van der Waals surface area (Å²) in [6.07, 6.45) is 3.24. The molecule has 6 heteroatoms. The van der Waals surface area contributed by atoms with Crippen LogP contribution in [0.2, 0.25) is 0 Å². The highest BCUT2D eigenvalue weighted by Gasteiger charge is 2.27. The minimum absolute atomic E-state index is 0.211. The van der Waals surface area contributed by atoms with Gasteiger partial charge in [-0.3, -0.25) is 5.43 Å². The van der Waals surface area contributed by atoms with E-state index in [4.69, 9.17) is 5.84 Å². The third-order valence-electron chi connectivity index (χ3n) is 3.95. The normalized spacial score (nSPS) is 22.1. The molecule has 2 unspecified atom stereocenters. The van der Waals surface area contributed by atoms with Gasteiger partial charge in [-0.2, -0.15) is 4.98 Å². The average Bonchev–Trinajstić information content (AvgIpc) is 2.94. The highest BCUT2D eigenvalue weighted by Crippen LogP contribution is 2.30. The van der Waals surface area contributed by atoms with Crippen LogP contribution in [0.25, 0.3) is 10.9 Å². The van der Waals surface area contributed by atoms with E-state index in [9.17, 15) is 5.11 Å². The van der Waals surface area contributed by atoms with Gasteiger partial charge in [0.25, 0.3) is 0 Å². The van der Waals surface area contributed by atoms with E-state index < -0.39 is 0 Å². The number of rotatable bonds is 4. The maximum Gasteiger partial charge on any atom is 0.239 e. The van der Waals surface area contributed by atoms with Gasteiger partial charge < -0.3 is 10.4 Å². The minimum atomic E-state index is 0.211. The Morgan fingerprint density at radius 2 is 2.10 bits per heavy atom. The van der Waals surface area contributed by atoms with Crippen molar-refractivity contribution < 1.29 is 5.11 Å². The van der Waals surface area contributed by atoms with Crippen LogP contribution in [0.15, 0.2) is 24.3 Å². The number of nitrogen functional groups attached to an aromatic ring is 1. The highest BCUT2D eigenvalue weighted by molar-refractivity contribution is 5.90. The number of benzene rings is 1. The number of anilines is 2. The third-order valence-corrected chi connectivity index (χ3v) is 3.95. The predicted molar refractivity (Wildman–Crippen MR) is 79.2 cm³/mol. The molecule has 1 aliphatic carbocycles. The second-order valence-electron chi connectivity index (χ2n) is 5.18. The fourth-order valence-electron chi connectivity index (χ4n) is 2.87. The number of para-hydroxylation sites is 1. The molecule has 6 nitrogen and oxygen atoms in total. The van der Waals surface area contributed by atoms with Gasteiger partial charge in [0.15, 0.2) is 0 Å². The zero-order chi connectivity index (χ0) is 13.9. The van der Waals surface area contributed by atoms with Crippen molar-refractivity contribution in [1.29, 1.82) is 0 Å². The second-order valence-corrected chi connectivity index (χ2v) is 5.18. The van der Waals surface area contributed by atoms with Crippen LogP contribution in [0.5, 0.6) is 0 Å². The summed E-state index contributed by atoms with van der Waals surface area (Å²) < 4.78 is 0. The fraction of sp³-hybridized carbons (Fsp3) is 0.429. The molecule has 3 rings (SSSR count). The number of hydrogen-bond acceptors (Lipinski definition) is 6. The Kier molecular flexibility index (Phi) is 3.66. The molecule has 0 radical (unpaired) electrons. The molecular weight excluding hydrogens is 254 g/mol. The van der Waals surface area contributed by atoms with E-state index >= 15 is 0 Å². The van der Waals surface area contributed by atoms with E-state index in [1.54, 1.807) is 0 Å². The molecular formula is C14H19N5O. The third kappa shape index (κ3) is 2.39. The van der Waals surface area contributed by atoms with E-state index in [0.29, 0.717) is 5.95 Å². The van der Waals surface area contributed by atoms with Gasteiger partial charge >= 0.3 is 0 Å². The monoisotopic (exact) mass is 273 g/mol. The lowest BCUT2D eigenvalue weighted by Crippen LogP contribution is -2.27. The van der Waals surface area contributed by atoms with Crippen LogP contribution in [0.1, 0.15) is 19.3 Å². The van der Waals surface area contributed by atoms with Crippen molar-refractivity contribution in [3.63, 3.8) is 0 Å². The summed E-state index contributed by atoms with van der Waals surface area (Å²) in [7, 11) is 0. The fourth-order valence-corrected chi connectivity index (χ4v) is 2.87. The number of fused-ring (bicyclic) bond motifs is 1. The lowest BCUT2D eigenvalue weighted by molar-refractivity contribution is 0.222. The maximum atomic E-state index is 9.42. The lowest BCUT2D eigenvalue weighted by Gasteiger charge is -2.20. The Labute approximate surface area is 117 Å². The molecule has 1 aromatic heterocycles. The summed E-state index contributed by atoms with van der Waals surface area (Å²) in [5.41, 5.74) is 3.34. The summed E-state index contributed by atoms with van der Waals surface area (Å²) in [5, 5.41) is 13.8. The van der Waals surface area contributed by atoms with E-state index in [1.807, 2.05) is 24.3 Å². The van der Waals surface area contributed by atoms with Gasteiger partial charge in [0, 0.05) is 24.0 Å². The number of aliphatic hydroxyl groups excluding tert-OH is 1. The van der Waals surface area contributed by atoms with Crippen LogP contribution in [0.4, 0.5) is 11.8 Å². The van der Waals surface area contributed by atoms with Crippen LogP contribution >= 0.6 is 0 Å². The molecule has 1 aliphatic rings. The summed E-state index contributed by atoms with van der Waals surface area (Å²) >= 11 is 0. The van der Waals surface area contributed by atoms with Crippen LogP contribution in [-0.2, 0) is 0 Å². The summed E-state index contributed by atoms with van der Waals surface area (Å²) in [6, 6.07) is 8.07. The first-order valence-corrected chi connectivity index (χ1v) is 6.92. The van der Waals surface area contributed by atoms with Crippen LogP contribution in [0, 0.1) is 5.92 Å². The van der Waals surface area contributed by atoms with Crippen molar-refractivity contribution >= 4 is 22.7 Å².